The number of methoxy groups -OCH3 is 1. The number of anilines is 1. The first-order valence-corrected chi connectivity index (χ1v) is 9.52. The van der Waals surface area contributed by atoms with Crippen LogP contribution in [0.3, 0.4) is 0 Å². The van der Waals surface area contributed by atoms with Crippen LogP contribution in [0.4, 0.5) is 5.00 Å². The van der Waals surface area contributed by atoms with Crippen LogP contribution >= 0.6 is 11.3 Å². The lowest BCUT2D eigenvalue weighted by atomic mass is 10.1. The summed E-state index contributed by atoms with van der Waals surface area (Å²) in [5.74, 6) is -0.674. The highest BCUT2D eigenvalue weighted by molar-refractivity contribution is 7.16. The standard InChI is InChI=1S/C20H23NO6S/c1-5-26-20(24)18-12(2)13(3)28-19(18)21-16(22)11-27-15-8-6-14(7-9-15)10-17(23)25-4/h6-9H,5,10-11H2,1-4H3,(H,21,22). The third-order valence-corrected chi connectivity index (χ3v) is 5.11. The lowest BCUT2D eigenvalue weighted by Crippen LogP contribution is -2.21. The Morgan fingerprint density at radius 3 is 2.39 bits per heavy atom. The molecule has 0 saturated carbocycles. The molecule has 0 unspecified atom stereocenters. The first-order chi connectivity index (χ1) is 13.3. The lowest BCUT2D eigenvalue weighted by molar-refractivity contribution is -0.139. The van der Waals surface area contributed by atoms with Gasteiger partial charge in [0.2, 0.25) is 0 Å². The molecule has 2 rings (SSSR count). The van der Waals surface area contributed by atoms with Gasteiger partial charge in [0.05, 0.1) is 25.7 Å². The fourth-order valence-corrected chi connectivity index (χ4v) is 3.48. The summed E-state index contributed by atoms with van der Waals surface area (Å²) in [7, 11) is 1.34. The molecule has 0 aliphatic heterocycles. The van der Waals surface area contributed by atoms with Crippen LogP contribution < -0.4 is 10.1 Å². The number of rotatable bonds is 8. The minimum atomic E-state index is -0.457. The highest BCUT2D eigenvalue weighted by Crippen LogP contribution is 2.33. The summed E-state index contributed by atoms with van der Waals surface area (Å²) in [6, 6.07) is 6.81. The summed E-state index contributed by atoms with van der Waals surface area (Å²) in [6.45, 7) is 5.48. The van der Waals surface area contributed by atoms with Crippen LogP contribution in [-0.2, 0) is 25.5 Å². The average Bonchev–Trinajstić information content (AvgIpc) is 2.94. The molecule has 8 heteroatoms. The molecule has 28 heavy (non-hydrogen) atoms. The van der Waals surface area contributed by atoms with E-state index in [1.807, 2.05) is 13.8 Å². The Balaban J connectivity index is 1.97. The van der Waals surface area contributed by atoms with Crippen molar-refractivity contribution < 1.29 is 28.6 Å². The molecule has 2 aromatic rings. The molecule has 0 atom stereocenters. The minimum Gasteiger partial charge on any atom is -0.484 e. The number of carbonyl (C=O) groups excluding carboxylic acids is 3. The third kappa shape index (κ3) is 5.56. The zero-order chi connectivity index (χ0) is 20.7. The molecule has 1 amide bonds. The molecule has 0 bridgehead atoms. The molecule has 7 nitrogen and oxygen atoms in total. The summed E-state index contributed by atoms with van der Waals surface area (Å²) < 4.78 is 15.2. The van der Waals surface area contributed by atoms with E-state index in [0.717, 1.165) is 16.0 Å². The van der Waals surface area contributed by atoms with Crippen LogP contribution in [0.2, 0.25) is 0 Å². The second-order valence-corrected chi connectivity index (χ2v) is 7.17. The van der Waals surface area contributed by atoms with Crippen LogP contribution in [0, 0.1) is 13.8 Å². The Hall–Kier alpha value is -2.87. The number of amides is 1. The predicted molar refractivity (Wildman–Crippen MR) is 106 cm³/mol. The number of esters is 2. The number of nitrogens with one attached hydrogen (secondary N) is 1. The average molecular weight is 405 g/mol. The molecule has 1 aromatic carbocycles. The molecule has 0 spiro atoms. The van der Waals surface area contributed by atoms with Gasteiger partial charge in [0.15, 0.2) is 6.61 Å². The fourth-order valence-electron chi connectivity index (χ4n) is 2.42. The van der Waals surface area contributed by atoms with Crippen LogP contribution in [0.1, 0.15) is 33.3 Å². The van der Waals surface area contributed by atoms with Crippen molar-refractivity contribution in [3.8, 4) is 5.75 Å². The van der Waals surface area contributed by atoms with Crippen LogP contribution in [0.25, 0.3) is 0 Å². The number of hydrogen-bond donors (Lipinski definition) is 1. The summed E-state index contributed by atoms with van der Waals surface area (Å²) in [5, 5.41) is 3.17. The first-order valence-electron chi connectivity index (χ1n) is 8.71. The summed E-state index contributed by atoms with van der Waals surface area (Å²) >= 11 is 1.32. The molecular weight excluding hydrogens is 382 g/mol. The van der Waals surface area contributed by atoms with Gasteiger partial charge in [0.25, 0.3) is 5.91 Å². The monoisotopic (exact) mass is 405 g/mol. The molecule has 0 aliphatic carbocycles. The highest BCUT2D eigenvalue weighted by atomic mass is 32.1. The Kier molecular flexibility index (Phi) is 7.57. The van der Waals surface area contributed by atoms with Gasteiger partial charge in [-0.1, -0.05) is 12.1 Å². The van der Waals surface area contributed by atoms with Crippen molar-refractivity contribution >= 4 is 34.2 Å². The smallest absolute Gasteiger partial charge is 0.341 e. The maximum absolute atomic E-state index is 12.2. The molecule has 0 fully saturated rings. The van der Waals surface area contributed by atoms with Gasteiger partial charge in [0.1, 0.15) is 10.8 Å². The summed E-state index contributed by atoms with van der Waals surface area (Å²) in [4.78, 5) is 36.6. The van der Waals surface area contributed by atoms with E-state index in [1.165, 1.54) is 18.4 Å². The number of aryl methyl sites for hydroxylation is 1. The number of carbonyl (C=O) groups is 3. The SMILES string of the molecule is CCOC(=O)c1c(NC(=O)COc2ccc(CC(=O)OC)cc2)sc(C)c1C. The van der Waals surface area contributed by atoms with Gasteiger partial charge in [-0.25, -0.2) is 4.79 Å². The lowest BCUT2D eigenvalue weighted by Gasteiger charge is -2.09. The molecule has 1 aromatic heterocycles. The molecule has 0 radical (unpaired) electrons. The van der Waals surface area contributed by atoms with Crippen LogP contribution in [0.15, 0.2) is 24.3 Å². The minimum absolute atomic E-state index is 0.172. The van der Waals surface area contributed by atoms with E-state index in [9.17, 15) is 14.4 Å². The van der Waals surface area contributed by atoms with Gasteiger partial charge in [0, 0.05) is 4.88 Å². The van der Waals surface area contributed by atoms with E-state index in [2.05, 4.69) is 10.1 Å². The Morgan fingerprint density at radius 1 is 1.11 bits per heavy atom. The Bertz CT molecular complexity index is 856. The third-order valence-electron chi connectivity index (χ3n) is 3.99. The van der Waals surface area contributed by atoms with E-state index in [-0.39, 0.29) is 31.5 Å². The maximum Gasteiger partial charge on any atom is 0.341 e. The second-order valence-electron chi connectivity index (χ2n) is 5.94. The van der Waals surface area contributed by atoms with Crippen molar-refractivity contribution in [2.75, 3.05) is 25.6 Å². The van der Waals surface area contributed by atoms with E-state index in [0.29, 0.717) is 16.3 Å². The van der Waals surface area contributed by atoms with Gasteiger partial charge in [-0.05, 0) is 44.0 Å². The van der Waals surface area contributed by atoms with Gasteiger partial charge in [-0.15, -0.1) is 11.3 Å². The van der Waals surface area contributed by atoms with Crippen molar-refractivity contribution in [3.05, 3.63) is 45.8 Å². The van der Waals surface area contributed by atoms with Gasteiger partial charge >= 0.3 is 11.9 Å². The van der Waals surface area contributed by atoms with Crippen molar-refractivity contribution in [3.63, 3.8) is 0 Å². The maximum atomic E-state index is 12.2. The molecular formula is C20H23NO6S. The van der Waals surface area contributed by atoms with Crippen molar-refractivity contribution in [1.82, 2.24) is 0 Å². The molecule has 1 N–H and O–H groups in total. The summed E-state index contributed by atoms with van der Waals surface area (Å²) in [6.07, 6.45) is 0.172. The van der Waals surface area contributed by atoms with Gasteiger partial charge < -0.3 is 19.5 Å². The van der Waals surface area contributed by atoms with Gasteiger partial charge in [-0.3, -0.25) is 9.59 Å². The highest BCUT2D eigenvalue weighted by Gasteiger charge is 2.22. The first kappa shape index (κ1) is 21.4. The number of hydrogen-bond acceptors (Lipinski definition) is 7. The van der Waals surface area contributed by atoms with Crippen LogP contribution in [-0.4, -0.2) is 38.2 Å². The fraction of sp³-hybridized carbons (Fsp3) is 0.350. The quantitative estimate of drug-likeness (QED) is 0.678. The van der Waals surface area contributed by atoms with E-state index >= 15 is 0 Å². The number of ether oxygens (including phenoxy) is 3. The zero-order valence-corrected chi connectivity index (χ0v) is 17.1. The van der Waals surface area contributed by atoms with E-state index in [4.69, 9.17) is 9.47 Å². The number of benzene rings is 1. The molecule has 0 saturated heterocycles. The Morgan fingerprint density at radius 2 is 1.79 bits per heavy atom. The second kappa shape index (κ2) is 9.89. The van der Waals surface area contributed by atoms with Crippen molar-refractivity contribution in [2.45, 2.75) is 27.2 Å². The molecule has 1 heterocycles. The predicted octanol–water partition coefficient (Wildman–Crippen LogP) is 3.27. The van der Waals surface area contributed by atoms with E-state index in [1.54, 1.807) is 31.2 Å². The topological polar surface area (TPSA) is 90.9 Å². The normalized spacial score (nSPS) is 10.3. The van der Waals surface area contributed by atoms with E-state index < -0.39 is 5.97 Å². The van der Waals surface area contributed by atoms with Crippen molar-refractivity contribution in [1.29, 1.82) is 0 Å². The Labute approximate surface area is 167 Å². The zero-order valence-electron chi connectivity index (χ0n) is 16.3. The van der Waals surface area contributed by atoms with Crippen molar-refractivity contribution in [2.24, 2.45) is 0 Å². The van der Waals surface area contributed by atoms with Crippen LogP contribution in [0.5, 0.6) is 5.75 Å². The summed E-state index contributed by atoms with van der Waals surface area (Å²) in [5.41, 5.74) is 1.96. The number of thiophene rings is 1. The van der Waals surface area contributed by atoms with Gasteiger partial charge in [-0.2, -0.15) is 0 Å². The largest absolute Gasteiger partial charge is 0.484 e. The molecule has 0 aliphatic rings. The molecule has 150 valence electrons.